The minimum absolute atomic E-state index is 0.271. The summed E-state index contributed by atoms with van der Waals surface area (Å²) < 4.78 is 13.2. The number of hydrogen-bond donors (Lipinski definition) is 1. The van der Waals surface area contributed by atoms with Gasteiger partial charge in [0.2, 0.25) is 0 Å². The molecule has 0 heterocycles. The lowest BCUT2D eigenvalue weighted by molar-refractivity contribution is 0.217. The maximum atomic E-state index is 13.2. The van der Waals surface area contributed by atoms with E-state index in [1.165, 1.54) is 23.3 Å². The first-order valence-corrected chi connectivity index (χ1v) is 6.84. The second-order valence-electron chi connectivity index (χ2n) is 5.58. The third-order valence-electron chi connectivity index (χ3n) is 4.22. The standard InChI is InChI=1S/C18H21FO/c1-10-8-11(2)14(5)17(13(10)4)18(20)16-7-6-15(19)9-12(16)3/h6-9,18,20H,1-5H3. The van der Waals surface area contributed by atoms with E-state index in [0.717, 1.165) is 27.8 Å². The molecule has 0 aliphatic rings. The highest BCUT2D eigenvalue weighted by Gasteiger charge is 2.19. The number of aliphatic hydroxyl groups is 1. The molecule has 2 heteroatoms. The van der Waals surface area contributed by atoms with E-state index in [1.807, 2.05) is 20.8 Å². The van der Waals surface area contributed by atoms with E-state index in [1.54, 1.807) is 6.07 Å². The van der Waals surface area contributed by atoms with Crippen LogP contribution in [0.3, 0.4) is 0 Å². The average molecular weight is 272 g/mol. The molecule has 0 spiro atoms. The van der Waals surface area contributed by atoms with E-state index < -0.39 is 6.10 Å². The molecule has 1 atom stereocenters. The predicted octanol–water partition coefficient (Wildman–Crippen LogP) is 4.45. The van der Waals surface area contributed by atoms with Gasteiger partial charge in [0, 0.05) is 0 Å². The summed E-state index contributed by atoms with van der Waals surface area (Å²) in [6.45, 7) is 9.98. The lowest BCUT2D eigenvalue weighted by Crippen LogP contribution is -2.09. The van der Waals surface area contributed by atoms with Crippen LogP contribution >= 0.6 is 0 Å². The van der Waals surface area contributed by atoms with Crippen LogP contribution in [0.4, 0.5) is 4.39 Å². The smallest absolute Gasteiger partial charge is 0.123 e. The third-order valence-corrected chi connectivity index (χ3v) is 4.22. The first-order valence-electron chi connectivity index (χ1n) is 6.84. The Morgan fingerprint density at radius 1 is 0.850 bits per heavy atom. The summed E-state index contributed by atoms with van der Waals surface area (Å²) in [5, 5.41) is 10.8. The zero-order valence-corrected chi connectivity index (χ0v) is 12.7. The summed E-state index contributed by atoms with van der Waals surface area (Å²) in [6, 6.07) is 6.68. The minimum atomic E-state index is -0.714. The summed E-state index contributed by atoms with van der Waals surface area (Å²) >= 11 is 0. The van der Waals surface area contributed by atoms with Gasteiger partial charge in [-0.1, -0.05) is 12.1 Å². The third kappa shape index (κ3) is 2.48. The largest absolute Gasteiger partial charge is 0.384 e. The van der Waals surface area contributed by atoms with E-state index in [-0.39, 0.29) is 5.82 Å². The Morgan fingerprint density at radius 2 is 1.40 bits per heavy atom. The van der Waals surface area contributed by atoms with Gasteiger partial charge in [-0.05, 0) is 85.7 Å². The fraction of sp³-hybridized carbons (Fsp3) is 0.333. The minimum Gasteiger partial charge on any atom is -0.384 e. The van der Waals surface area contributed by atoms with Gasteiger partial charge in [-0.25, -0.2) is 4.39 Å². The molecular weight excluding hydrogens is 251 g/mol. The van der Waals surface area contributed by atoms with Crippen molar-refractivity contribution in [1.82, 2.24) is 0 Å². The lowest BCUT2D eigenvalue weighted by atomic mass is 9.87. The van der Waals surface area contributed by atoms with Crippen LogP contribution in [0.5, 0.6) is 0 Å². The normalized spacial score (nSPS) is 12.6. The van der Waals surface area contributed by atoms with Crippen LogP contribution in [0, 0.1) is 40.4 Å². The van der Waals surface area contributed by atoms with Crippen LogP contribution in [0.1, 0.15) is 45.0 Å². The fourth-order valence-electron chi connectivity index (χ4n) is 2.76. The van der Waals surface area contributed by atoms with E-state index in [9.17, 15) is 9.50 Å². The molecular formula is C18H21FO. The highest BCUT2D eigenvalue weighted by Crippen LogP contribution is 2.32. The van der Waals surface area contributed by atoms with Gasteiger partial charge < -0.3 is 5.11 Å². The van der Waals surface area contributed by atoms with Gasteiger partial charge in [0.15, 0.2) is 0 Å². The molecule has 0 aliphatic carbocycles. The lowest BCUT2D eigenvalue weighted by Gasteiger charge is -2.21. The molecule has 106 valence electrons. The molecule has 0 aliphatic heterocycles. The van der Waals surface area contributed by atoms with Crippen molar-refractivity contribution in [3.63, 3.8) is 0 Å². The Morgan fingerprint density at radius 3 is 1.90 bits per heavy atom. The van der Waals surface area contributed by atoms with Crippen molar-refractivity contribution in [2.45, 2.75) is 40.7 Å². The number of halogens is 1. The van der Waals surface area contributed by atoms with Crippen molar-refractivity contribution in [2.24, 2.45) is 0 Å². The molecule has 20 heavy (non-hydrogen) atoms. The Labute approximate surface area is 120 Å². The van der Waals surface area contributed by atoms with Gasteiger partial charge in [-0.3, -0.25) is 0 Å². The molecule has 1 unspecified atom stereocenters. The Kier molecular flexibility index (Phi) is 3.96. The second-order valence-corrected chi connectivity index (χ2v) is 5.58. The molecule has 0 amide bonds. The monoisotopic (exact) mass is 272 g/mol. The molecule has 0 saturated carbocycles. The molecule has 0 radical (unpaired) electrons. The Hall–Kier alpha value is -1.67. The van der Waals surface area contributed by atoms with Crippen LogP contribution in [0.15, 0.2) is 24.3 Å². The molecule has 2 aromatic carbocycles. The van der Waals surface area contributed by atoms with Crippen molar-refractivity contribution in [1.29, 1.82) is 0 Å². The van der Waals surface area contributed by atoms with Crippen LogP contribution in [-0.2, 0) is 0 Å². The van der Waals surface area contributed by atoms with E-state index >= 15 is 0 Å². The second kappa shape index (κ2) is 5.37. The maximum absolute atomic E-state index is 13.2. The maximum Gasteiger partial charge on any atom is 0.123 e. The van der Waals surface area contributed by atoms with E-state index in [2.05, 4.69) is 19.9 Å². The molecule has 2 aromatic rings. The van der Waals surface area contributed by atoms with Crippen molar-refractivity contribution in [2.75, 3.05) is 0 Å². The summed E-state index contributed by atoms with van der Waals surface area (Å²) in [5.74, 6) is -0.271. The summed E-state index contributed by atoms with van der Waals surface area (Å²) in [5.41, 5.74) is 7.02. The van der Waals surface area contributed by atoms with Gasteiger partial charge in [0.25, 0.3) is 0 Å². The number of benzene rings is 2. The van der Waals surface area contributed by atoms with Crippen LogP contribution in [-0.4, -0.2) is 5.11 Å². The first-order chi connectivity index (χ1) is 9.32. The summed E-state index contributed by atoms with van der Waals surface area (Å²) in [7, 11) is 0. The quantitative estimate of drug-likeness (QED) is 0.856. The highest BCUT2D eigenvalue weighted by molar-refractivity contribution is 5.49. The Balaban J connectivity index is 2.62. The molecule has 1 N–H and O–H groups in total. The molecule has 1 nitrogen and oxygen atoms in total. The van der Waals surface area contributed by atoms with Gasteiger partial charge in [0.05, 0.1) is 0 Å². The van der Waals surface area contributed by atoms with Gasteiger partial charge >= 0.3 is 0 Å². The van der Waals surface area contributed by atoms with Gasteiger partial charge in [-0.2, -0.15) is 0 Å². The zero-order chi connectivity index (χ0) is 15.0. The molecule has 2 rings (SSSR count). The fourth-order valence-corrected chi connectivity index (χ4v) is 2.76. The SMILES string of the molecule is Cc1cc(F)ccc1C(O)c1c(C)c(C)cc(C)c1C. The number of aliphatic hydroxyl groups excluding tert-OH is 1. The van der Waals surface area contributed by atoms with Gasteiger partial charge in [0.1, 0.15) is 11.9 Å². The number of rotatable bonds is 2. The molecule has 0 bridgehead atoms. The number of hydrogen-bond acceptors (Lipinski definition) is 1. The zero-order valence-electron chi connectivity index (χ0n) is 12.7. The van der Waals surface area contributed by atoms with Crippen LogP contribution in [0.2, 0.25) is 0 Å². The molecule has 0 aromatic heterocycles. The first kappa shape index (κ1) is 14.7. The van der Waals surface area contributed by atoms with Crippen molar-refractivity contribution >= 4 is 0 Å². The van der Waals surface area contributed by atoms with Crippen LogP contribution in [0.25, 0.3) is 0 Å². The van der Waals surface area contributed by atoms with Crippen LogP contribution < -0.4 is 0 Å². The summed E-state index contributed by atoms with van der Waals surface area (Å²) in [4.78, 5) is 0. The Bertz CT molecular complexity index is 633. The van der Waals surface area contributed by atoms with E-state index in [0.29, 0.717) is 0 Å². The van der Waals surface area contributed by atoms with Crippen molar-refractivity contribution in [3.05, 3.63) is 69.0 Å². The van der Waals surface area contributed by atoms with E-state index in [4.69, 9.17) is 0 Å². The number of aryl methyl sites for hydroxylation is 3. The highest BCUT2D eigenvalue weighted by atomic mass is 19.1. The molecule has 0 fully saturated rings. The molecule has 0 saturated heterocycles. The average Bonchev–Trinajstić information content (AvgIpc) is 2.36. The predicted molar refractivity (Wildman–Crippen MR) is 80.6 cm³/mol. The summed E-state index contributed by atoms with van der Waals surface area (Å²) in [6.07, 6.45) is -0.714. The van der Waals surface area contributed by atoms with Crippen molar-refractivity contribution in [3.8, 4) is 0 Å². The topological polar surface area (TPSA) is 20.2 Å². The van der Waals surface area contributed by atoms with Crippen molar-refractivity contribution < 1.29 is 9.50 Å². The van der Waals surface area contributed by atoms with Gasteiger partial charge in [-0.15, -0.1) is 0 Å².